The van der Waals surface area contributed by atoms with Gasteiger partial charge in [0.1, 0.15) is 5.69 Å². The van der Waals surface area contributed by atoms with Crippen LogP contribution in [0.1, 0.15) is 51.9 Å². The molecule has 2 aromatic rings. The Kier molecular flexibility index (Phi) is 4.12. The fourth-order valence-electron chi connectivity index (χ4n) is 2.07. The maximum atomic E-state index is 12.2. The van der Waals surface area contributed by atoms with E-state index >= 15 is 0 Å². The van der Waals surface area contributed by atoms with Gasteiger partial charge in [-0.3, -0.25) is 4.79 Å². The number of hydrogen-bond acceptors (Lipinski definition) is 2. The molecule has 1 heterocycles. The summed E-state index contributed by atoms with van der Waals surface area (Å²) in [6.45, 7) is 5.90. The summed E-state index contributed by atoms with van der Waals surface area (Å²) in [5.74, 6) is -1.03. The van der Waals surface area contributed by atoms with Crippen LogP contribution in [0.15, 0.2) is 30.3 Å². The highest BCUT2D eigenvalue weighted by molar-refractivity contribution is 6.07. The number of hydrogen-bond donors (Lipinski definition) is 3. The van der Waals surface area contributed by atoms with Crippen molar-refractivity contribution in [2.24, 2.45) is 0 Å². The number of carbonyl (C=O) groups excluding carboxylic acids is 1. The van der Waals surface area contributed by atoms with E-state index in [4.69, 9.17) is 5.11 Å². The predicted molar refractivity (Wildman–Crippen MR) is 81.0 cm³/mol. The first-order valence-corrected chi connectivity index (χ1v) is 6.72. The van der Waals surface area contributed by atoms with Gasteiger partial charge in [-0.1, -0.05) is 26.0 Å². The van der Waals surface area contributed by atoms with Crippen LogP contribution in [-0.2, 0) is 0 Å². The fraction of sp³-hybridized carbons (Fsp3) is 0.250. The van der Waals surface area contributed by atoms with Crippen LogP contribution in [0.25, 0.3) is 0 Å². The number of anilines is 1. The largest absolute Gasteiger partial charge is 0.477 e. The molecule has 0 aliphatic carbocycles. The van der Waals surface area contributed by atoms with Gasteiger partial charge in [-0.2, -0.15) is 0 Å². The molecule has 0 saturated heterocycles. The summed E-state index contributed by atoms with van der Waals surface area (Å²) in [5, 5.41) is 11.7. The maximum absolute atomic E-state index is 12.2. The molecule has 3 N–H and O–H groups in total. The van der Waals surface area contributed by atoms with Gasteiger partial charge in [0.15, 0.2) is 0 Å². The summed E-state index contributed by atoms with van der Waals surface area (Å²) < 4.78 is 0. The van der Waals surface area contributed by atoms with E-state index in [9.17, 15) is 9.59 Å². The van der Waals surface area contributed by atoms with E-state index in [2.05, 4.69) is 24.1 Å². The van der Waals surface area contributed by atoms with Gasteiger partial charge in [0.25, 0.3) is 5.91 Å². The second-order valence-electron chi connectivity index (χ2n) is 5.28. The van der Waals surface area contributed by atoms with Crippen molar-refractivity contribution in [3.8, 4) is 0 Å². The minimum atomic E-state index is -1.10. The van der Waals surface area contributed by atoms with Crippen molar-refractivity contribution in [1.82, 2.24) is 4.98 Å². The van der Waals surface area contributed by atoms with E-state index in [0.29, 0.717) is 17.2 Å². The number of H-pyrrole nitrogens is 1. The third-order valence-corrected chi connectivity index (χ3v) is 3.25. The summed E-state index contributed by atoms with van der Waals surface area (Å²) in [5.41, 5.74) is 2.58. The molecule has 0 atom stereocenters. The molecule has 0 spiro atoms. The standard InChI is InChI=1S/C16H18N2O3/c1-9(2)11-4-6-12(7-5-11)15(19)18-13-8-10(3)17-14(13)16(20)21/h4-9,17H,1-3H3,(H,18,19)(H,20,21). The summed E-state index contributed by atoms with van der Waals surface area (Å²) in [4.78, 5) is 26.0. The minimum absolute atomic E-state index is 0.0142. The predicted octanol–water partition coefficient (Wildman–Crippen LogP) is 3.40. The van der Waals surface area contributed by atoms with Gasteiger partial charge in [0, 0.05) is 11.3 Å². The second-order valence-corrected chi connectivity index (χ2v) is 5.28. The number of carboxylic acid groups (broad SMARTS) is 1. The molecule has 5 nitrogen and oxygen atoms in total. The molecular weight excluding hydrogens is 268 g/mol. The molecule has 0 aliphatic heterocycles. The Balaban J connectivity index is 2.20. The molecule has 0 unspecified atom stereocenters. The van der Waals surface area contributed by atoms with Crippen molar-refractivity contribution in [1.29, 1.82) is 0 Å². The van der Waals surface area contributed by atoms with Crippen LogP contribution >= 0.6 is 0 Å². The van der Waals surface area contributed by atoms with Crippen LogP contribution in [-0.4, -0.2) is 22.0 Å². The highest BCUT2D eigenvalue weighted by Crippen LogP contribution is 2.19. The lowest BCUT2D eigenvalue weighted by molar-refractivity contribution is 0.0692. The van der Waals surface area contributed by atoms with Gasteiger partial charge in [-0.25, -0.2) is 4.79 Å². The Labute approximate surface area is 123 Å². The molecule has 0 radical (unpaired) electrons. The first kappa shape index (κ1) is 14.8. The Morgan fingerprint density at radius 3 is 2.33 bits per heavy atom. The van der Waals surface area contributed by atoms with Gasteiger partial charge in [-0.15, -0.1) is 0 Å². The van der Waals surface area contributed by atoms with Crippen LogP contribution < -0.4 is 5.32 Å². The number of benzene rings is 1. The number of aromatic nitrogens is 1. The molecule has 21 heavy (non-hydrogen) atoms. The number of aromatic amines is 1. The molecule has 0 aliphatic rings. The Bertz CT molecular complexity index is 669. The highest BCUT2D eigenvalue weighted by Gasteiger charge is 2.16. The summed E-state index contributed by atoms with van der Waals surface area (Å²) in [6, 6.07) is 8.89. The smallest absolute Gasteiger partial charge is 0.354 e. The van der Waals surface area contributed by atoms with Crippen molar-refractivity contribution >= 4 is 17.6 Å². The van der Waals surface area contributed by atoms with Gasteiger partial charge in [-0.05, 0) is 36.6 Å². The van der Waals surface area contributed by atoms with E-state index in [1.807, 2.05) is 12.1 Å². The molecule has 0 bridgehead atoms. The number of carboxylic acids is 1. The van der Waals surface area contributed by atoms with Crippen molar-refractivity contribution in [3.63, 3.8) is 0 Å². The van der Waals surface area contributed by atoms with Gasteiger partial charge in [0.2, 0.25) is 0 Å². The monoisotopic (exact) mass is 286 g/mol. The number of nitrogens with one attached hydrogen (secondary N) is 2. The fourth-order valence-corrected chi connectivity index (χ4v) is 2.07. The van der Waals surface area contributed by atoms with Crippen molar-refractivity contribution in [2.45, 2.75) is 26.7 Å². The highest BCUT2D eigenvalue weighted by atomic mass is 16.4. The number of rotatable bonds is 4. The molecule has 1 amide bonds. The van der Waals surface area contributed by atoms with Gasteiger partial charge in [0.05, 0.1) is 5.69 Å². The van der Waals surface area contributed by atoms with E-state index in [0.717, 1.165) is 5.56 Å². The van der Waals surface area contributed by atoms with Crippen LogP contribution in [0.3, 0.4) is 0 Å². The van der Waals surface area contributed by atoms with Gasteiger partial charge >= 0.3 is 5.97 Å². The topological polar surface area (TPSA) is 82.2 Å². The van der Waals surface area contributed by atoms with Crippen molar-refractivity contribution in [2.75, 3.05) is 5.32 Å². The summed E-state index contributed by atoms with van der Waals surface area (Å²) in [7, 11) is 0. The normalized spacial score (nSPS) is 10.7. The van der Waals surface area contributed by atoms with Crippen molar-refractivity contribution in [3.05, 3.63) is 52.8 Å². The third kappa shape index (κ3) is 3.31. The Hall–Kier alpha value is -2.56. The SMILES string of the molecule is Cc1cc(NC(=O)c2ccc(C(C)C)cc2)c(C(=O)O)[nH]1. The summed E-state index contributed by atoms with van der Waals surface area (Å²) in [6.07, 6.45) is 0. The first-order valence-electron chi connectivity index (χ1n) is 6.72. The Morgan fingerprint density at radius 1 is 1.19 bits per heavy atom. The minimum Gasteiger partial charge on any atom is -0.477 e. The van der Waals surface area contributed by atoms with E-state index < -0.39 is 5.97 Å². The molecule has 1 aromatic heterocycles. The average Bonchev–Trinajstić information content (AvgIpc) is 2.80. The van der Waals surface area contributed by atoms with Gasteiger partial charge < -0.3 is 15.4 Å². The van der Waals surface area contributed by atoms with Crippen LogP contribution in [0.2, 0.25) is 0 Å². The second kappa shape index (κ2) is 5.83. The quantitative estimate of drug-likeness (QED) is 0.805. The molecule has 5 heteroatoms. The Morgan fingerprint density at radius 2 is 1.81 bits per heavy atom. The lowest BCUT2D eigenvalue weighted by Crippen LogP contribution is -2.14. The summed E-state index contributed by atoms with van der Waals surface area (Å²) >= 11 is 0. The zero-order valence-electron chi connectivity index (χ0n) is 12.2. The van der Waals surface area contributed by atoms with Crippen LogP contribution in [0.4, 0.5) is 5.69 Å². The number of aryl methyl sites for hydroxylation is 1. The number of amides is 1. The lowest BCUT2D eigenvalue weighted by atomic mass is 10.0. The van der Waals surface area contributed by atoms with Crippen LogP contribution in [0.5, 0.6) is 0 Å². The zero-order valence-corrected chi connectivity index (χ0v) is 12.2. The first-order chi connectivity index (χ1) is 9.88. The molecular formula is C16H18N2O3. The number of aromatic carboxylic acids is 1. The van der Waals surface area contributed by atoms with E-state index in [1.54, 1.807) is 25.1 Å². The third-order valence-electron chi connectivity index (χ3n) is 3.25. The number of carbonyl (C=O) groups is 2. The van der Waals surface area contributed by atoms with Crippen LogP contribution in [0, 0.1) is 6.92 Å². The molecule has 0 fully saturated rings. The van der Waals surface area contributed by atoms with E-state index in [-0.39, 0.29) is 17.3 Å². The lowest BCUT2D eigenvalue weighted by Gasteiger charge is -2.07. The zero-order chi connectivity index (χ0) is 15.6. The maximum Gasteiger partial charge on any atom is 0.354 e. The molecule has 1 aromatic carbocycles. The average molecular weight is 286 g/mol. The van der Waals surface area contributed by atoms with Crippen molar-refractivity contribution < 1.29 is 14.7 Å². The molecule has 0 saturated carbocycles. The van der Waals surface area contributed by atoms with E-state index in [1.165, 1.54) is 0 Å². The molecule has 110 valence electrons. The molecule has 2 rings (SSSR count).